The molecule has 0 amide bonds. The Morgan fingerprint density at radius 1 is 1.39 bits per heavy atom. The number of hydrogen-bond donors (Lipinski definition) is 1. The highest BCUT2D eigenvalue weighted by molar-refractivity contribution is 5.95. The van der Waals surface area contributed by atoms with Gasteiger partial charge in [0.15, 0.2) is 5.78 Å². The molecule has 0 saturated carbocycles. The molecule has 0 spiro atoms. The van der Waals surface area contributed by atoms with Crippen molar-refractivity contribution in [3.63, 3.8) is 0 Å². The van der Waals surface area contributed by atoms with E-state index in [4.69, 9.17) is 6.57 Å². The van der Waals surface area contributed by atoms with Crippen molar-refractivity contribution in [2.45, 2.75) is 13.3 Å². The highest BCUT2D eigenvalue weighted by atomic mass is 16.1. The van der Waals surface area contributed by atoms with Gasteiger partial charge in [-0.2, -0.15) is 0 Å². The zero-order valence-electron chi connectivity index (χ0n) is 12.6. The number of carbonyl (C=O) groups excluding carboxylic acids is 1. The lowest BCUT2D eigenvalue weighted by Gasteiger charge is -2.01. The van der Waals surface area contributed by atoms with Gasteiger partial charge in [-0.05, 0) is 37.1 Å². The van der Waals surface area contributed by atoms with Gasteiger partial charge < -0.3 is 9.78 Å². The molecule has 5 nitrogen and oxygen atoms in total. The summed E-state index contributed by atoms with van der Waals surface area (Å²) in [6, 6.07) is 7.76. The van der Waals surface area contributed by atoms with E-state index in [0.717, 1.165) is 27.9 Å². The van der Waals surface area contributed by atoms with E-state index in [2.05, 4.69) is 19.8 Å². The van der Waals surface area contributed by atoms with Crippen LogP contribution in [-0.2, 0) is 11.2 Å². The number of pyridine rings is 2. The summed E-state index contributed by atoms with van der Waals surface area (Å²) in [6.45, 7) is 8.44. The van der Waals surface area contributed by atoms with Crippen molar-refractivity contribution in [2.24, 2.45) is 0 Å². The Labute approximate surface area is 133 Å². The van der Waals surface area contributed by atoms with E-state index in [-0.39, 0.29) is 11.5 Å². The number of rotatable bonds is 4. The van der Waals surface area contributed by atoms with Gasteiger partial charge >= 0.3 is 0 Å². The number of fused-ring (bicyclic) bond motifs is 1. The molecule has 3 aromatic rings. The predicted octanol–water partition coefficient (Wildman–Crippen LogP) is 3.56. The summed E-state index contributed by atoms with van der Waals surface area (Å²) in [7, 11) is 0. The Bertz CT molecular complexity index is 933. The fourth-order valence-electron chi connectivity index (χ4n) is 2.37. The van der Waals surface area contributed by atoms with Crippen molar-refractivity contribution >= 4 is 16.8 Å². The number of hydrogen-bond acceptors (Lipinski definition) is 3. The first kappa shape index (κ1) is 14.7. The zero-order valence-corrected chi connectivity index (χ0v) is 12.6. The zero-order chi connectivity index (χ0) is 16.2. The Kier molecular flexibility index (Phi) is 3.98. The van der Waals surface area contributed by atoms with Crippen LogP contribution in [0.3, 0.4) is 0 Å². The van der Waals surface area contributed by atoms with Gasteiger partial charge in [0.25, 0.3) is 0 Å². The second kappa shape index (κ2) is 6.24. The smallest absolute Gasteiger partial charge is 0.225 e. The summed E-state index contributed by atoms with van der Waals surface area (Å²) < 4.78 is 0. The van der Waals surface area contributed by atoms with Crippen LogP contribution < -0.4 is 0 Å². The normalized spacial score (nSPS) is 11.4. The maximum Gasteiger partial charge on any atom is 0.225 e. The molecule has 0 aliphatic carbocycles. The lowest BCUT2D eigenvalue weighted by molar-refractivity contribution is -0.113. The number of allylic oxidation sites excluding steroid dienone is 2. The highest BCUT2D eigenvalue weighted by Crippen LogP contribution is 2.24. The van der Waals surface area contributed by atoms with Crippen molar-refractivity contribution in [1.29, 1.82) is 0 Å². The first-order valence-corrected chi connectivity index (χ1v) is 7.15. The molecule has 3 aromatic heterocycles. The van der Waals surface area contributed by atoms with Gasteiger partial charge in [0.1, 0.15) is 5.65 Å². The van der Waals surface area contributed by atoms with E-state index in [1.807, 2.05) is 30.5 Å². The summed E-state index contributed by atoms with van der Waals surface area (Å²) >= 11 is 0. The van der Waals surface area contributed by atoms with Crippen LogP contribution in [0.2, 0.25) is 0 Å². The minimum absolute atomic E-state index is 0.160. The van der Waals surface area contributed by atoms with E-state index < -0.39 is 0 Å². The molecule has 0 atom stereocenters. The molecule has 0 aromatic carbocycles. The topological polar surface area (TPSA) is 63.0 Å². The average molecular weight is 302 g/mol. The fourth-order valence-corrected chi connectivity index (χ4v) is 2.37. The van der Waals surface area contributed by atoms with Gasteiger partial charge in [-0.15, -0.1) is 0 Å². The standard InChI is InChI=1S/C18H14N4O/c1-12(23)16(19-2)7-6-13-10-21-18-15(13)9-14(11-22-18)17-5-3-4-8-20-17/h3-5,7-11H,6H2,1H3,(H,21,22)/b16-7-. The highest BCUT2D eigenvalue weighted by Gasteiger charge is 2.08. The first-order chi connectivity index (χ1) is 11.2. The number of carbonyl (C=O) groups is 1. The molecule has 3 rings (SSSR count). The average Bonchev–Trinajstić information content (AvgIpc) is 2.98. The number of aromatic amines is 1. The summed E-state index contributed by atoms with van der Waals surface area (Å²) in [6.07, 6.45) is 7.55. The molecule has 0 fully saturated rings. The Morgan fingerprint density at radius 3 is 2.96 bits per heavy atom. The quantitative estimate of drug-likeness (QED) is 0.592. The maximum atomic E-state index is 11.3. The molecule has 1 N–H and O–H groups in total. The van der Waals surface area contributed by atoms with Gasteiger partial charge in [-0.1, -0.05) is 12.1 Å². The van der Waals surface area contributed by atoms with Gasteiger partial charge in [0, 0.05) is 29.5 Å². The van der Waals surface area contributed by atoms with Crippen LogP contribution >= 0.6 is 0 Å². The number of nitrogens with zero attached hydrogens (tertiary/aromatic N) is 3. The number of Topliss-reactive ketones (excluding diaryl/α,β-unsaturated/α-hetero) is 1. The van der Waals surface area contributed by atoms with Crippen LogP contribution in [0.1, 0.15) is 12.5 Å². The Hall–Kier alpha value is -3.26. The van der Waals surface area contributed by atoms with Gasteiger partial charge in [0.05, 0.1) is 12.3 Å². The Balaban J connectivity index is 2.00. The number of H-pyrrole nitrogens is 1. The summed E-state index contributed by atoms with van der Waals surface area (Å²) in [4.78, 5) is 26.5. The molecule has 0 bridgehead atoms. The largest absolute Gasteiger partial charge is 0.346 e. The Morgan fingerprint density at radius 2 is 2.26 bits per heavy atom. The molecule has 0 saturated heterocycles. The lowest BCUT2D eigenvalue weighted by atomic mass is 10.1. The van der Waals surface area contributed by atoms with E-state index in [1.54, 1.807) is 18.5 Å². The van der Waals surface area contributed by atoms with E-state index in [1.165, 1.54) is 6.92 Å². The maximum absolute atomic E-state index is 11.3. The van der Waals surface area contributed by atoms with Gasteiger partial charge in [-0.25, -0.2) is 9.83 Å². The minimum Gasteiger partial charge on any atom is -0.346 e. The van der Waals surface area contributed by atoms with E-state index in [9.17, 15) is 4.79 Å². The van der Waals surface area contributed by atoms with Crippen LogP contribution in [0.25, 0.3) is 27.1 Å². The second-order valence-corrected chi connectivity index (χ2v) is 5.11. The minimum atomic E-state index is -0.216. The van der Waals surface area contributed by atoms with Gasteiger partial charge in [0.2, 0.25) is 5.70 Å². The van der Waals surface area contributed by atoms with Crippen LogP contribution in [0.5, 0.6) is 0 Å². The molecule has 3 heterocycles. The van der Waals surface area contributed by atoms with Crippen LogP contribution in [-0.4, -0.2) is 20.7 Å². The van der Waals surface area contributed by atoms with Crippen LogP contribution in [0, 0.1) is 6.57 Å². The monoisotopic (exact) mass is 302 g/mol. The van der Waals surface area contributed by atoms with Crippen molar-refractivity contribution in [3.05, 3.63) is 71.6 Å². The predicted molar refractivity (Wildman–Crippen MR) is 88.4 cm³/mol. The third-order valence-electron chi connectivity index (χ3n) is 3.57. The molecular formula is C18H14N4O. The molecular weight excluding hydrogens is 288 g/mol. The van der Waals surface area contributed by atoms with Crippen LogP contribution in [0.15, 0.2) is 54.6 Å². The molecule has 0 radical (unpaired) electrons. The molecule has 112 valence electrons. The second-order valence-electron chi connectivity index (χ2n) is 5.11. The SMILES string of the molecule is [C-]#[N+]/C(=C\Cc1c[nH]c2ncc(-c3ccccn3)cc12)C(C)=O. The number of nitrogens with one attached hydrogen (secondary N) is 1. The molecule has 23 heavy (non-hydrogen) atoms. The van der Waals surface area contributed by atoms with E-state index >= 15 is 0 Å². The van der Waals surface area contributed by atoms with Crippen molar-refractivity contribution in [2.75, 3.05) is 0 Å². The van der Waals surface area contributed by atoms with Crippen molar-refractivity contribution in [1.82, 2.24) is 15.0 Å². The fraction of sp³-hybridized carbons (Fsp3) is 0.111. The first-order valence-electron chi connectivity index (χ1n) is 7.15. The van der Waals surface area contributed by atoms with E-state index in [0.29, 0.717) is 6.42 Å². The number of ketones is 1. The summed E-state index contributed by atoms with van der Waals surface area (Å²) in [5.41, 5.74) is 3.72. The molecule has 0 unspecified atom stereocenters. The molecule has 0 aliphatic rings. The van der Waals surface area contributed by atoms with Gasteiger partial charge in [-0.3, -0.25) is 4.98 Å². The third kappa shape index (κ3) is 3.01. The number of aromatic nitrogens is 3. The van der Waals surface area contributed by atoms with Crippen molar-refractivity contribution < 1.29 is 4.79 Å². The summed E-state index contributed by atoms with van der Waals surface area (Å²) in [5.74, 6) is -0.216. The summed E-state index contributed by atoms with van der Waals surface area (Å²) in [5, 5.41) is 0.970. The molecule has 0 aliphatic heterocycles. The third-order valence-corrected chi connectivity index (χ3v) is 3.57. The van der Waals surface area contributed by atoms with Crippen molar-refractivity contribution in [3.8, 4) is 11.3 Å². The van der Waals surface area contributed by atoms with Crippen LogP contribution in [0.4, 0.5) is 0 Å². The lowest BCUT2D eigenvalue weighted by Crippen LogP contribution is -1.92. The molecule has 5 heteroatoms.